The number of amides is 2. The number of nitrogens with zero attached hydrogens (tertiary/aromatic N) is 2. The van der Waals surface area contributed by atoms with Crippen molar-refractivity contribution in [3.63, 3.8) is 0 Å². The maximum Gasteiger partial charge on any atom is 0.255 e. The molecule has 2 fully saturated rings. The minimum Gasteiger partial charge on any atom is -0.494 e. The minimum atomic E-state index is -0.534. The standard InChI is InChI=1S/C28H34FN5O5/c1-15-24(28(36)34-18-8-6-17(7-9-18)33-23(35)13-37-2)26-27(32-15)25(30-14-31-26)19-10-20(29)22(38-3)11-21(19)39-12-16-4-5-16/h10-11,14,16-18,32H,4-9,12-13H2,1-3H3,(H,33,35)(H,34,36)/t17-,18-. The Labute approximate surface area is 226 Å². The van der Waals surface area contributed by atoms with Gasteiger partial charge in [0.05, 0.1) is 24.8 Å². The number of carbonyl (C=O) groups is 2. The summed E-state index contributed by atoms with van der Waals surface area (Å²) in [4.78, 5) is 37.3. The number of halogens is 1. The number of fused-ring (bicyclic) bond motifs is 1. The molecule has 0 unspecified atom stereocenters. The molecule has 3 aromatic rings. The molecule has 11 heteroatoms. The molecule has 0 atom stereocenters. The highest BCUT2D eigenvalue weighted by Gasteiger charge is 2.28. The summed E-state index contributed by atoms with van der Waals surface area (Å²) in [6, 6.07) is 2.95. The average molecular weight is 540 g/mol. The molecule has 2 amide bonds. The molecule has 3 N–H and O–H groups in total. The predicted molar refractivity (Wildman–Crippen MR) is 142 cm³/mol. The minimum absolute atomic E-state index is 0.0168. The van der Waals surface area contributed by atoms with Crippen molar-refractivity contribution in [2.75, 3.05) is 27.4 Å². The molecule has 39 heavy (non-hydrogen) atoms. The number of aromatic amines is 1. The highest BCUT2D eigenvalue weighted by Crippen LogP contribution is 2.39. The first-order chi connectivity index (χ1) is 18.9. The second kappa shape index (κ2) is 11.6. The molecule has 1 aromatic carbocycles. The van der Waals surface area contributed by atoms with Crippen molar-refractivity contribution in [1.82, 2.24) is 25.6 Å². The fraction of sp³-hybridized carbons (Fsp3) is 0.500. The Morgan fingerprint density at radius 2 is 1.74 bits per heavy atom. The van der Waals surface area contributed by atoms with Gasteiger partial charge in [-0.2, -0.15) is 0 Å². The number of ether oxygens (including phenoxy) is 3. The van der Waals surface area contributed by atoms with Crippen molar-refractivity contribution in [2.45, 2.75) is 57.5 Å². The van der Waals surface area contributed by atoms with Gasteiger partial charge in [0.15, 0.2) is 11.6 Å². The van der Waals surface area contributed by atoms with Crippen LogP contribution in [0.4, 0.5) is 4.39 Å². The van der Waals surface area contributed by atoms with Crippen LogP contribution in [0.1, 0.15) is 54.6 Å². The fourth-order valence-corrected chi connectivity index (χ4v) is 5.13. The van der Waals surface area contributed by atoms with Crippen molar-refractivity contribution in [3.8, 4) is 22.8 Å². The van der Waals surface area contributed by atoms with E-state index in [-0.39, 0.29) is 36.3 Å². The molecule has 0 aliphatic heterocycles. The lowest BCUT2D eigenvalue weighted by molar-refractivity contribution is -0.125. The normalized spacial score (nSPS) is 19.1. The van der Waals surface area contributed by atoms with E-state index in [1.165, 1.54) is 26.6 Å². The maximum atomic E-state index is 14.8. The fourth-order valence-electron chi connectivity index (χ4n) is 5.13. The van der Waals surface area contributed by atoms with Gasteiger partial charge in [0, 0.05) is 36.5 Å². The van der Waals surface area contributed by atoms with Crippen molar-refractivity contribution < 1.29 is 28.2 Å². The molecule has 2 aromatic heterocycles. The number of methoxy groups -OCH3 is 2. The van der Waals surface area contributed by atoms with Crippen molar-refractivity contribution in [1.29, 1.82) is 0 Å². The van der Waals surface area contributed by atoms with E-state index >= 15 is 0 Å². The molecule has 2 aliphatic rings. The summed E-state index contributed by atoms with van der Waals surface area (Å²) in [6.45, 7) is 2.38. The summed E-state index contributed by atoms with van der Waals surface area (Å²) in [5, 5.41) is 6.10. The lowest BCUT2D eigenvalue weighted by Crippen LogP contribution is -2.44. The number of H-pyrrole nitrogens is 1. The summed E-state index contributed by atoms with van der Waals surface area (Å²) in [7, 11) is 2.90. The second-order valence-corrected chi connectivity index (χ2v) is 10.3. The van der Waals surface area contributed by atoms with Crippen molar-refractivity contribution in [3.05, 3.63) is 35.5 Å². The first-order valence-corrected chi connectivity index (χ1v) is 13.3. The lowest BCUT2D eigenvalue weighted by Gasteiger charge is -2.29. The third-order valence-corrected chi connectivity index (χ3v) is 7.38. The topological polar surface area (TPSA) is 127 Å². The molecule has 0 radical (unpaired) electrons. The second-order valence-electron chi connectivity index (χ2n) is 10.3. The Morgan fingerprint density at radius 1 is 1.03 bits per heavy atom. The zero-order chi connectivity index (χ0) is 27.5. The zero-order valence-corrected chi connectivity index (χ0v) is 22.4. The van der Waals surface area contributed by atoms with Crippen LogP contribution >= 0.6 is 0 Å². The molecule has 5 rings (SSSR count). The third kappa shape index (κ3) is 5.98. The van der Waals surface area contributed by atoms with E-state index in [0.29, 0.717) is 51.8 Å². The Kier molecular flexibility index (Phi) is 7.97. The maximum absolute atomic E-state index is 14.8. The van der Waals surface area contributed by atoms with E-state index in [9.17, 15) is 14.0 Å². The quantitative estimate of drug-likeness (QED) is 0.359. The Hall–Kier alpha value is -3.73. The smallest absolute Gasteiger partial charge is 0.255 e. The summed E-state index contributed by atoms with van der Waals surface area (Å²) in [6.07, 6.45) is 6.64. The van der Waals surface area contributed by atoms with Gasteiger partial charge < -0.3 is 29.8 Å². The van der Waals surface area contributed by atoms with Crippen LogP contribution in [-0.4, -0.2) is 66.3 Å². The van der Waals surface area contributed by atoms with Crippen LogP contribution in [0.3, 0.4) is 0 Å². The Bertz CT molecular complexity index is 1360. The Morgan fingerprint density at radius 3 is 2.41 bits per heavy atom. The number of hydrogen-bond donors (Lipinski definition) is 3. The van der Waals surface area contributed by atoms with E-state index < -0.39 is 5.82 Å². The van der Waals surface area contributed by atoms with Gasteiger partial charge >= 0.3 is 0 Å². The van der Waals surface area contributed by atoms with Crippen LogP contribution in [0, 0.1) is 18.7 Å². The lowest BCUT2D eigenvalue weighted by atomic mass is 9.91. The van der Waals surface area contributed by atoms with Gasteiger partial charge in [-0.1, -0.05) is 0 Å². The van der Waals surface area contributed by atoms with E-state index in [4.69, 9.17) is 14.2 Å². The van der Waals surface area contributed by atoms with Gasteiger partial charge in [0.25, 0.3) is 5.91 Å². The van der Waals surface area contributed by atoms with Gasteiger partial charge in [0.2, 0.25) is 5.91 Å². The molecular formula is C28H34FN5O5. The zero-order valence-electron chi connectivity index (χ0n) is 22.4. The van der Waals surface area contributed by atoms with Gasteiger partial charge in [0.1, 0.15) is 29.9 Å². The van der Waals surface area contributed by atoms with Gasteiger partial charge in [-0.15, -0.1) is 0 Å². The number of carbonyl (C=O) groups excluding carboxylic acids is 2. The summed E-state index contributed by atoms with van der Waals surface area (Å²) in [5.41, 5.74) is 2.97. The van der Waals surface area contributed by atoms with Crippen molar-refractivity contribution >= 4 is 22.8 Å². The number of rotatable bonds is 10. The largest absolute Gasteiger partial charge is 0.494 e. The molecule has 208 valence electrons. The molecule has 2 saturated carbocycles. The van der Waals surface area contributed by atoms with Crippen LogP contribution in [0.25, 0.3) is 22.3 Å². The first-order valence-electron chi connectivity index (χ1n) is 13.3. The Balaban J connectivity index is 1.37. The van der Waals surface area contributed by atoms with Gasteiger partial charge in [-0.25, -0.2) is 14.4 Å². The summed E-state index contributed by atoms with van der Waals surface area (Å²) >= 11 is 0. The number of nitrogens with one attached hydrogen (secondary N) is 3. The van der Waals surface area contributed by atoms with Crippen molar-refractivity contribution in [2.24, 2.45) is 5.92 Å². The van der Waals surface area contributed by atoms with Gasteiger partial charge in [-0.3, -0.25) is 9.59 Å². The van der Waals surface area contributed by atoms with Gasteiger partial charge in [-0.05, 0) is 57.4 Å². The molecule has 0 saturated heterocycles. The summed E-state index contributed by atoms with van der Waals surface area (Å²) < 4.78 is 30.9. The van der Waals surface area contributed by atoms with E-state index in [0.717, 1.165) is 38.5 Å². The summed E-state index contributed by atoms with van der Waals surface area (Å²) in [5.74, 6) is 0.153. The number of aryl methyl sites for hydroxylation is 1. The number of benzene rings is 1. The molecule has 0 spiro atoms. The van der Waals surface area contributed by atoms with E-state index in [1.807, 2.05) is 6.92 Å². The van der Waals surface area contributed by atoms with Crippen LogP contribution in [0.2, 0.25) is 0 Å². The molecular weight excluding hydrogens is 505 g/mol. The monoisotopic (exact) mass is 539 g/mol. The van der Waals surface area contributed by atoms with Crippen LogP contribution in [-0.2, 0) is 9.53 Å². The SMILES string of the molecule is COCC(=O)N[C@H]1CC[C@H](NC(=O)c2c(C)[nH]c3c(-c4cc(F)c(OC)cc4OCC4CC4)ncnc23)CC1. The highest BCUT2D eigenvalue weighted by atomic mass is 19.1. The average Bonchev–Trinajstić information content (AvgIpc) is 3.68. The van der Waals surface area contributed by atoms with Crippen LogP contribution in [0.5, 0.6) is 11.5 Å². The molecule has 10 nitrogen and oxygen atoms in total. The highest BCUT2D eigenvalue weighted by molar-refractivity contribution is 6.09. The van der Waals surface area contributed by atoms with E-state index in [1.54, 1.807) is 6.07 Å². The third-order valence-electron chi connectivity index (χ3n) is 7.38. The molecule has 2 heterocycles. The van der Waals surface area contributed by atoms with Crippen LogP contribution < -0.4 is 20.1 Å². The number of aromatic nitrogens is 3. The van der Waals surface area contributed by atoms with E-state index in [2.05, 4.69) is 25.6 Å². The predicted octanol–water partition coefficient (Wildman–Crippen LogP) is 3.67. The molecule has 2 aliphatic carbocycles. The molecule has 0 bridgehead atoms. The first kappa shape index (κ1) is 26.9. The number of hydrogen-bond acceptors (Lipinski definition) is 7. The van der Waals surface area contributed by atoms with Crippen LogP contribution in [0.15, 0.2) is 18.5 Å².